The van der Waals surface area contributed by atoms with E-state index in [2.05, 4.69) is 36.6 Å². The number of hydrogen-bond donors (Lipinski definition) is 2. The molecule has 1 unspecified atom stereocenters. The van der Waals surface area contributed by atoms with Crippen molar-refractivity contribution in [2.24, 2.45) is 5.92 Å². The van der Waals surface area contributed by atoms with E-state index in [0.29, 0.717) is 24.0 Å². The summed E-state index contributed by atoms with van der Waals surface area (Å²) in [5, 5.41) is 6.57. The molecule has 162 valence electrons. The second-order valence-corrected chi connectivity index (χ2v) is 8.75. The van der Waals surface area contributed by atoms with Crippen LogP contribution in [-0.4, -0.2) is 58.6 Å². The van der Waals surface area contributed by atoms with Crippen molar-refractivity contribution in [1.29, 1.82) is 0 Å². The zero-order valence-electron chi connectivity index (χ0n) is 17.2. The molecule has 2 fully saturated rings. The number of nitrogens with one attached hydrogen (secondary N) is 2. The number of rotatable bonds is 8. The van der Waals surface area contributed by atoms with E-state index in [1.165, 1.54) is 17.3 Å². The molecule has 0 saturated carbocycles. The van der Waals surface area contributed by atoms with E-state index in [0.717, 1.165) is 49.6 Å². The summed E-state index contributed by atoms with van der Waals surface area (Å²) < 4.78 is 0. The third kappa shape index (κ3) is 5.75. The molecule has 31 heavy (non-hydrogen) atoms. The monoisotopic (exact) mass is 438 g/mol. The standard InChI is InChI=1S/C22H26N6O2S/c29-14-19(30)21-20(31-15-26-21)10-18-3-7-25-22(27-18)28-8-4-16(5-9-28)11-24-13-17-2-1-6-23-12-17/h1-3,6-7,10,12,14,16,21,24,26H,4-5,8-9,11,13,15H2/b20-10-. The van der Waals surface area contributed by atoms with Crippen LogP contribution in [0.3, 0.4) is 0 Å². The normalized spacial score (nSPS) is 20.8. The number of aromatic nitrogens is 3. The Morgan fingerprint density at radius 1 is 1.29 bits per heavy atom. The SMILES string of the molecule is O=CC(=O)C1NCS/C1=C\c1ccnc(N2CCC(CNCc3cccnc3)CC2)n1. The van der Waals surface area contributed by atoms with Crippen molar-refractivity contribution in [3.63, 3.8) is 0 Å². The second-order valence-electron chi connectivity index (χ2n) is 7.70. The van der Waals surface area contributed by atoms with E-state index < -0.39 is 11.8 Å². The first kappa shape index (κ1) is 21.6. The number of carbonyl (C=O) groups is 2. The highest BCUT2D eigenvalue weighted by molar-refractivity contribution is 8.03. The van der Waals surface area contributed by atoms with Gasteiger partial charge in [-0.25, -0.2) is 9.97 Å². The number of nitrogens with zero attached hydrogens (tertiary/aromatic N) is 4. The quantitative estimate of drug-likeness (QED) is 0.471. The third-order valence-corrected chi connectivity index (χ3v) is 6.55. The van der Waals surface area contributed by atoms with Gasteiger partial charge in [0.2, 0.25) is 11.7 Å². The lowest BCUT2D eigenvalue weighted by Crippen LogP contribution is -2.38. The molecule has 4 heterocycles. The highest BCUT2D eigenvalue weighted by atomic mass is 32.2. The molecule has 2 N–H and O–H groups in total. The van der Waals surface area contributed by atoms with E-state index in [9.17, 15) is 9.59 Å². The molecular weight excluding hydrogens is 412 g/mol. The van der Waals surface area contributed by atoms with Gasteiger partial charge in [-0.2, -0.15) is 0 Å². The summed E-state index contributed by atoms with van der Waals surface area (Å²) in [5.74, 6) is 1.50. The van der Waals surface area contributed by atoms with Crippen LogP contribution in [0.5, 0.6) is 0 Å². The number of Topliss-reactive ketones (excluding diaryl/α,β-unsaturated/α-hetero) is 1. The van der Waals surface area contributed by atoms with Crippen LogP contribution in [-0.2, 0) is 16.1 Å². The van der Waals surface area contributed by atoms with Crippen LogP contribution < -0.4 is 15.5 Å². The van der Waals surface area contributed by atoms with Gasteiger partial charge in [-0.3, -0.25) is 19.9 Å². The number of ketones is 1. The summed E-state index contributed by atoms with van der Waals surface area (Å²) in [4.78, 5) is 38.9. The van der Waals surface area contributed by atoms with E-state index in [1.54, 1.807) is 12.4 Å². The van der Waals surface area contributed by atoms with Crippen molar-refractivity contribution >= 4 is 35.9 Å². The molecule has 2 aliphatic heterocycles. The van der Waals surface area contributed by atoms with Crippen molar-refractivity contribution in [3.8, 4) is 0 Å². The van der Waals surface area contributed by atoms with Crippen LogP contribution in [0.25, 0.3) is 6.08 Å². The van der Waals surface area contributed by atoms with Gasteiger partial charge >= 0.3 is 0 Å². The zero-order valence-corrected chi connectivity index (χ0v) is 18.1. The topological polar surface area (TPSA) is 100 Å². The van der Waals surface area contributed by atoms with E-state index in [-0.39, 0.29) is 0 Å². The Morgan fingerprint density at radius 2 is 2.16 bits per heavy atom. The van der Waals surface area contributed by atoms with Crippen LogP contribution in [0.15, 0.2) is 41.7 Å². The van der Waals surface area contributed by atoms with Gasteiger partial charge in [0.25, 0.3) is 0 Å². The Bertz CT molecular complexity index is 931. The van der Waals surface area contributed by atoms with Gasteiger partial charge in [-0.1, -0.05) is 6.07 Å². The average molecular weight is 439 g/mol. The minimum atomic E-state index is -0.559. The Morgan fingerprint density at radius 3 is 2.94 bits per heavy atom. The highest BCUT2D eigenvalue weighted by Gasteiger charge is 2.27. The van der Waals surface area contributed by atoms with Gasteiger partial charge in [0.1, 0.15) is 6.04 Å². The molecule has 2 aromatic heterocycles. The molecule has 1 atom stereocenters. The fourth-order valence-corrected chi connectivity index (χ4v) is 4.81. The number of carbonyl (C=O) groups excluding carboxylic acids is 2. The van der Waals surface area contributed by atoms with Crippen LogP contribution in [0, 0.1) is 5.92 Å². The number of pyridine rings is 1. The Kier molecular flexibility index (Phi) is 7.39. The van der Waals surface area contributed by atoms with Crippen molar-refractivity contribution in [2.45, 2.75) is 25.4 Å². The average Bonchev–Trinajstić information content (AvgIpc) is 3.28. The lowest BCUT2D eigenvalue weighted by atomic mass is 9.97. The summed E-state index contributed by atoms with van der Waals surface area (Å²) in [6.45, 7) is 3.67. The Hall–Kier alpha value is -2.62. The predicted molar refractivity (Wildman–Crippen MR) is 121 cm³/mol. The third-order valence-electron chi connectivity index (χ3n) is 5.55. The molecule has 4 rings (SSSR count). The van der Waals surface area contributed by atoms with Crippen LogP contribution >= 0.6 is 11.8 Å². The maximum atomic E-state index is 11.8. The highest BCUT2D eigenvalue weighted by Crippen LogP contribution is 2.28. The first-order valence-corrected chi connectivity index (χ1v) is 11.5. The molecule has 2 saturated heterocycles. The minimum Gasteiger partial charge on any atom is -0.341 e. The fourth-order valence-electron chi connectivity index (χ4n) is 3.83. The molecule has 0 aliphatic carbocycles. The van der Waals surface area contributed by atoms with Gasteiger partial charge in [0.15, 0.2) is 6.29 Å². The van der Waals surface area contributed by atoms with Crippen molar-refractivity contribution in [1.82, 2.24) is 25.6 Å². The molecule has 2 aromatic rings. The summed E-state index contributed by atoms with van der Waals surface area (Å²) >= 11 is 1.52. The van der Waals surface area contributed by atoms with E-state index in [1.807, 2.05) is 24.4 Å². The van der Waals surface area contributed by atoms with Crippen LogP contribution in [0.4, 0.5) is 5.95 Å². The smallest absolute Gasteiger partial charge is 0.225 e. The van der Waals surface area contributed by atoms with Crippen molar-refractivity contribution < 1.29 is 9.59 Å². The lowest BCUT2D eigenvalue weighted by molar-refractivity contribution is -0.130. The lowest BCUT2D eigenvalue weighted by Gasteiger charge is -2.32. The Labute approximate surface area is 185 Å². The van der Waals surface area contributed by atoms with Crippen LogP contribution in [0.1, 0.15) is 24.1 Å². The number of aldehydes is 1. The Balaban J connectivity index is 1.30. The molecular formula is C22H26N6O2S. The summed E-state index contributed by atoms with van der Waals surface area (Å²) in [7, 11) is 0. The maximum absolute atomic E-state index is 11.8. The molecule has 8 nitrogen and oxygen atoms in total. The summed E-state index contributed by atoms with van der Waals surface area (Å²) in [6.07, 6.45) is 9.86. The minimum absolute atomic E-state index is 0.374. The number of anilines is 1. The van der Waals surface area contributed by atoms with Gasteiger partial charge in [-0.05, 0) is 49.1 Å². The molecule has 2 aliphatic rings. The summed E-state index contributed by atoms with van der Waals surface area (Å²) in [6, 6.07) is 5.31. The number of piperidine rings is 1. The molecule has 0 bridgehead atoms. The maximum Gasteiger partial charge on any atom is 0.225 e. The van der Waals surface area contributed by atoms with Crippen LogP contribution in [0.2, 0.25) is 0 Å². The molecule has 0 radical (unpaired) electrons. The molecule has 0 aromatic carbocycles. The fraction of sp³-hybridized carbons (Fsp3) is 0.409. The summed E-state index contributed by atoms with van der Waals surface area (Å²) in [5.41, 5.74) is 1.95. The van der Waals surface area contributed by atoms with Gasteiger partial charge in [0, 0.05) is 49.0 Å². The van der Waals surface area contributed by atoms with Crippen molar-refractivity contribution in [2.75, 3.05) is 30.4 Å². The predicted octanol–water partition coefficient (Wildman–Crippen LogP) is 1.65. The van der Waals surface area contributed by atoms with Gasteiger partial charge < -0.3 is 10.2 Å². The zero-order chi connectivity index (χ0) is 21.5. The molecule has 9 heteroatoms. The van der Waals surface area contributed by atoms with E-state index in [4.69, 9.17) is 0 Å². The van der Waals surface area contributed by atoms with Gasteiger partial charge in [0.05, 0.1) is 5.69 Å². The number of thioether (sulfide) groups is 1. The van der Waals surface area contributed by atoms with Crippen molar-refractivity contribution in [3.05, 3.63) is 53.0 Å². The first-order chi connectivity index (χ1) is 15.2. The van der Waals surface area contributed by atoms with Gasteiger partial charge in [-0.15, -0.1) is 11.8 Å². The number of hydrogen-bond acceptors (Lipinski definition) is 9. The second kappa shape index (κ2) is 10.6. The van der Waals surface area contributed by atoms with E-state index >= 15 is 0 Å². The molecule has 0 amide bonds. The largest absolute Gasteiger partial charge is 0.341 e. The molecule has 0 spiro atoms. The first-order valence-electron chi connectivity index (χ1n) is 10.5.